The smallest absolute Gasteiger partial charge is 0.258 e. The van der Waals surface area contributed by atoms with Gasteiger partial charge in [-0.15, -0.1) is 0 Å². The molecule has 0 aliphatic heterocycles. The Bertz CT molecular complexity index is 544. The third-order valence-electron chi connectivity index (χ3n) is 2.57. The first-order valence-corrected chi connectivity index (χ1v) is 5.93. The molecule has 0 heterocycles. The SMILES string of the molecule is CCCC(C#N)=C(Cl)c1cc([N+](=O)[O-])ccc1C. The third kappa shape index (κ3) is 3.08. The number of halogens is 1. The molecule has 5 heteroatoms. The molecule has 0 bridgehead atoms. The number of non-ortho nitro benzene ring substituents is 1. The Labute approximate surface area is 111 Å². The van der Waals surface area contributed by atoms with Crippen LogP contribution in [0.25, 0.3) is 5.03 Å². The molecule has 1 rings (SSSR count). The van der Waals surface area contributed by atoms with Crippen LogP contribution in [0.15, 0.2) is 23.8 Å². The second-order valence-electron chi connectivity index (χ2n) is 3.91. The lowest BCUT2D eigenvalue weighted by atomic mass is 10.0. The van der Waals surface area contributed by atoms with Crippen LogP contribution < -0.4 is 0 Å². The minimum absolute atomic E-state index is 0.0254. The zero-order chi connectivity index (χ0) is 13.7. The molecule has 0 spiro atoms. The summed E-state index contributed by atoms with van der Waals surface area (Å²) in [5.74, 6) is 0. The number of nitro benzene ring substituents is 1. The molecule has 0 saturated carbocycles. The van der Waals surface area contributed by atoms with E-state index in [0.29, 0.717) is 22.6 Å². The standard InChI is InChI=1S/C13H13ClN2O2/c1-3-4-10(8-15)13(14)12-7-11(16(17)18)6-5-9(12)2/h5-7H,3-4H2,1-2H3. The molecule has 0 unspecified atom stereocenters. The Kier molecular flexibility index (Phi) is 4.87. The van der Waals surface area contributed by atoms with Crippen LogP contribution >= 0.6 is 11.6 Å². The number of nitro groups is 1. The molecule has 94 valence electrons. The summed E-state index contributed by atoms with van der Waals surface area (Å²) in [5.41, 5.74) is 1.80. The largest absolute Gasteiger partial charge is 0.270 e. The number of hydrogen-bond donors (Lipinski definition) is 0. The fraction of sp³-hybridized carbons (Fsp3) is 0.308. The van der Waals surface area contributed by atoms with Crippen molar-refractivity contribution in [1.82, 2.24) is 0 Å². The van der Waals surface area contributed by atoms with E-state index in [1.165, 1.54) is 12.1 Å². The number of nitrogens with zero attached hydrogens (tertiary/aromatic N) is 2. The molecule has 18 heavy (non-hydrogen) atoms. The van der Waals surface area contributed by atoms with Gasteiger partial charge in [0.25, 0.3) is 5.69 Å². The van der Waals surface area contributed by atoms with E-state index in [0.717, 1.165) is 12.0 Å². The number of hydrogen-bond acceptors (Lipinski definition) is 3. The lowest BCUT2D eigenvalue weighted by Crippen LogP contribution is -1.93. The molecule has 0 atom stereocenters. The maximum absolute atomic E-state index is 10.7. The van der Waals surface area contributed by atoms with Gasteiger partial charge in [0, 0.05) is 23.3 Å². The first-order valence-electron chi connectivity index (χ1n) is 5.55. The molecule has 0 N–H and O–H groups in total. The molecule has 0 aliphatic carbocycles. The van der Waals surface area contributed by atoms with Gasteiger partial charge in [-0.05, 0) is 18.9 Å². The second kappa shape index (κ2) is 6.18. The number of rotatable bonds is 4. The fourth-order valence-electron chi connectivity index (χ4n) is 1.59. The van der Waals surface area contributed by atoms with Crippen molar-refractivity contribution >= 4 is 22.3 Å². The Morgan fingerprint density at radius 3 is 2.72 bits per heavy atom. The number of aryl methyl sites for hydroxylation is 1. The van der Waals surface area contributed by atoms with Gasteiger partial charge >= 0.3 is 0 Å². The van der Waals surface area contributed by atoms with Crippen molar-refractivity contribution < 1.29 is 4.92 Å². The van der Waals surface area contributed by atoms with E-state index in [1.807, 2.05) is 13.8 Å². The summed E-state index contributed by atoms with van der Waals surface area (Å²) in [4.78, 5) is 10.3. The molecule has 1 aromatic carbocycles. The van der Waals surface area contributed by atoms with E-state index in [4.69, 9.17) is 16.9 Å². The first kappa shape index (κ1) is 14.2. The normalized spacial score (nSPS) is 11.7. The van der Waals surface area contributed by atoms with E-state index in [1.54, 1.807) is 6.07 Å². The van der Waals surface area contributed by atoms with Gasteiger partial charge in [0.1, 0.15) is 0 Å². The van der Waals surface area contributed by atoms with Gasteiger partial charge in [-0.25, -0.2) is 0 Å². The predicted octanol–water partition coefficient (Wildman–Crippen LogP) is 4.18. The lowest BCUT2D eigenvalue weighted by molar-refractivity contribution is -0.384. The van der Waals surface area contributed by atoms with Gasteiger partial charge < -0.3 is 0 Å². The van der Waals surface area contributed by atoms with Crippen LogP contribution in [0.5, 0.6) is 0 Å². The van der Waals surface area contributed by atoms with Crippen molar-refractivity contribution in [2.75, 3.05) is 0 Å². The molecule has 0 fully saturated rings. The maximum Gasteiger partial charge on any atom is 0.270 e. The Morgan fingerprint density at radius 1 is 1.56 bits per heavy atom. The summed E-state index contributed by atoms with van der Waals surface area (Å²) in [7, 11) is 0. The van der Waals surface area contributed by atoms with Gasteiger partial charge in [-0.1, -0.05) is 31.0 Å². The zero-order valence-electron chi connectivity index (χ0n) is 10.2. The minimum Gasteiger partial charge on any atom is -0.258 e. The van der Waals surface area contributed by atoms with Crippen LogP contribution in [0, 0.1) is 28.4 Å². The van der Waals surface area contributed by atoms with Crippen molar-refractivity contribution in [1.29, 1.82) is 5.26 Å². The van der Waals surface area contributed by atoms with Gasteiger partial charge in [0.15, 0.2) is 0 Å². The third-order valence-corrected chi connectivity index (χ3v) is 3.00. The molecule has 0 radical (unpaired) electrons. The van der Waals surface area contributed by atoms with E-state index in [2.05, 4.69) is 6.07 Å². The molecule has 0 saturated heterocycles. The summed E-state index contributed by atoms with van der Waals surface area (Å²) in [6.07, 6.45) is 1.37. The highest BCUT2D eigenvalue weighted by molar-refractivity contribution is 6.49. The number of nitriles is 1. The van der Waals surface area contributed by atoms with Crippen LogP contribution in [0.3, 0.4) is 0 Å². The topological polar surface area (TPSA) is 66.9 Å². The van der Waals surface area contributed by atoms with E-state index in [-0.39, 0.29) is 5.69 Å². The Balaban J connectivity index is 3.36. The average molecular weight is 265 g/mol. The van der Waals surface area contributed by atoms with Gasteiger partial charge in [0.2, 0.25) is 0 Å². The molecular weight excluding hydrogens is 252 g/mol. The highest BCUT2D eigenvalue weighted by atomic mass is 35.5. The van der Waals surface area contributed by atoms with Crippen molar-refractivity contribution in [3.8, 4) is 6.07 Å². The van der Waals surface area contributed by atoms with Crippen LogP contribution in [0.1, 0.15) is 30.9 Å². The van der Waals surface area contributed by atoms with Crippen molar-refractivity contribution in [3.05, 3.63) is 45.0 Å². The van der Waals surface area contributed by atoms with E-state index in [9.17, 15) is 10.1 Å². The minimum atomic E-state index is -0.473. The first-order chi connectivity index (χ1) is 8.51. The summed E-state index contributed by atoms with van der Waals surface area (Å²) in [5, 5.41) is 20.1. The Hall–Kier alpha value is -1.86. The highest BCUT2D eigenvalue weighted by Crippen LogP contribution is 2.30. The van der Waals surface area contributed by atoms with Crippen LogP contribution in [-0.4, -0.2) is 4.92 Å². The molecule has 0 amide bonds. The average Bonchev–Trinajstić information content (AvgIpc) is 2.35. The molecule has 0 aromatic heterocycles. The second-order valence-corrected chi connectivity index (χ2v) is 4.29. The lowest BCUT2D eigenvalue weighted by Gasteiger charge is -2.06. The highest BCUT2D eigenvalue weighted by Gasteiger charge is 2.13. The summed E-state index contributed by atoms with van der Waals surface area (Å²) < 4.78 is 0. The quantitative estimate of drug-likeness (QED) is 0.465. The number of benzene rings is 1. The van der Waals surface area contributed by atoms with Crippen LogP contribution in [0.4, 0.5) is 5.69 Å². The molecule has 1 aromatic rings. The van der Waals surface area contributed by atoms with Gasteiger partial charge in [-0.3, -0.25) is 10.1 Å². The summed E-state index contributed by atoms with van der Waals surface area (Å²) in [6, 6.07) is 6.52. The van der Waals surface area contributed by atoms with E-state index >= 15 is 0 Å². The maximum atomic E-state index is 10.7. The van der Waals surface area contributed by atoms with Crippen LogP contribution in [0.2, 0.25) is 0 Å². The van der Waals surface area contributed by atoms with Crippen LogP contribution in [-0.2, 0) is 0 Å². The monoisotopic (exact) mass is 264 g/mol. The van der Waals surface area contributed by atoms with Crippen molar-refractivity contribution in [2.45, 2.75) is 26.7 Å². The fourth-order valence-corrected chi connectivity index (χ4v) is 1.93. The van der Waals surface area contributed by atoms with Crippen molar-refractivity contribution in [3.63, 3.8) is 0 Å². The summed E-state index contributed by atoms with van der Waals surface area (Å²) in [6.45, 7) is 3.75. The number of allylic oxidation sites excluding steroid dienone is 1. The van der Waals surface area contributed by atoms with Gasteiger partial charge in [-0.2, -0.15) is 5.26 Å². The molecular formula is C13H13ClN2O2. The van der Waals surface area contributed by atoms with Crippen molar-refractivity contribution in [2.24, 2.45) is 0 Å². The Morgan fingerprint density at radius 2 is 2.22 bits per heavy atom. The van der Waals surface area contributed by atoms with Gasteiger partial charge in [0.05, 0.1) is 16.0 Å². The van der Waals surface area contributed by atoms with E-state index < -0.39 is 4.92 Å². The molecule has 4 nitrogen and oxygen atoms in total. The predicted molar refractivity (Wildman–Crippen MR) is 71.1 cm³/mol. The zero-order valence-corrected chi connectivity index (χ0v) is 11.0. The molecule has 0 aliphatic rings. The summed E-state index contributed by atoms with van der Waals surface area (Å²) >= 11 is 6.17.